The highest BCUT2D eigenvalue weighted by atomic mass is 32.1. The van der Waals surface area contributed by atoms with Gasteiger partial charge in [-0.15, -0.1) is 11.3 Å². The van der Waals surface area contributed by atoms with E-state index in [-0.39, 0.29) is 12.5 Å². The van der Waals surface area contributed by atoms with Crippen molar-refractivity contribution >= 4 is 16.3 Å². The number of hydroxylamine groups is 1. The lowest BCUT2D eigenvalue weighted by atomic mass is 9.90. The van der Waals surface area contributed by atoms with Crippen molar-refractivity contribution in [1.29, 1.82) is 0 Å². The van der Waals surface area contributed by atoms with Gasteiger partial charge in [0.1, 0.15) is 23.4 Å². The second kappa shape index (κ2) is 6.45. The second-order valence-electron chi connectivity index (χ2n) is 6.56. The monoisotopic (exact) mass is 426 g/mol. The lowest BCUT2D eigenvalue weighted by molar-refractivity contribution is -0.267. The van der Waals surface area contributed by atoms with Gasteiger partial charge in [-0.25, -0.2) is 10.5 Å². The predicted molar refractivity (Wildman–Crippen MR) is 100 cm³/mol. The first-order chi connectivity index (χ1) is 14.9. The smallest absolute Gasteiger partial charge is 0.268 e. The number of ether oxygens (including phenoxy) is 1. The van der Waals surface area contributed by atoms with Crippen LogP contribution in [0, 0.1) is 0 Å². The topological polar surface area (TPSA) is 124 Å². The van der Waals surface area contributed by atoms with Gasteiger partial charge in [0, 0.05) is 0 Å². The Balaban J connectivity index is 1.68. The quantitative estimate of drug-likeness (QED) is 0.460. The molecule has 11 nitrogen and oxygen atoms in total. The Labute approximate surface area is 172 Å². The number of aromatic nitrogens is 4. The summed E-state index contributed by atoms with van der Waals surface area (Å²) in [6.07, 6.45) is 7.68. The van der Waals surface area contributed by atoms with Crippen molar-refractivity contribution in [2.45, 2.75) is 11.3 Å². The van der Waals surface area contributed by atoms with Crippen LogP contribution in [0.3, 0.4) is 0 Å². The molecule has 30 heavy (non-hydrogen) atoms. The molecule has 4 aromatic rings. The van der Waals surface area contributed by atoms with Crippen molar-refractivity contribution in [3.05, 3.63) is 83.9 Å². The van der Waals surface area contributed by atoms with Crippen LogP contribution in [-0.4, -0.2) is 27.0 Å². The maximum atomic E-state index is 6.51. The normalized spacial score (nSPS) is 25.9. The molecule has 4 aromatic heterocycles. The van der Waals surface area contributed by atoms with Crippen LogP contribution in [0.2, 0.25) is 0 Å². The van der Waals surface area contributed by atoms with Gasteiger partial charge >= 0.3 is 0 Å². The average molecular weight is 426 g/mol. The highest BCUT2D eigenvalue weighted by Gasteiger charge is 2.66. The third-order valence-corrected chi connectivity index (χ3v) is 5.99. The third kappa shape index (κ3) is 2.17. The molecule has 1 fully saturated rings. The molecule has 0 spiro atoms. The molecule has 0 amide bonds. The first kappa shape index (κ1) is 17.3. The minimum atomic E-state index is -1.36. The summed E-state index contributed by atoms with van der Waals surface area (Å²) in [5.74, 6) is 0.888. The number of thiophene rings is 1. The lowest BCUT2D eigenvalue weighted by Gasteiger charge is -2.41. The molecule has 0 aliphatic carbocycles. The Morgan fingerprint density at radius 1 is 1.17 bits per heavy atom. The number of hydrogen-bond donors (Lipinski definition) is 2. The summed E-state index contributed by atoms with van der Waals surface area (Å²) in [6.45, 7) is 0.145. The first-order valence-electron chi connectivity index (χ1n) is 8.93. The average Bonchev–Trinajstić information content (AvgIpc) is 3.63. The summed E-state index contributed by atoms with van der Waals surface area (Å²) in [6, 6.07) is 7.59. The van der Waals surface area contributed by atoms with E-state index in [1.807, 2.05) is 34.5 Å². The van der Waals surface area contributed by atoms with Gasteiger partial charge in [-0.2, -0.15) is 15.4 Å². The van der Waals surface area contributed by atoms with Crippen LogP contribution in [0.5, 0.6) is 0 Å². The van der Waals surface area contributed by atoms with E-state index in [4.69, 9.17) is 23.4 Å². The zero-order valence-electron chi connectivity index (χ0n) is 15.2. The summed E-state index contributed by atoms with van der Waals surface area (Å²) in [5.41, 5.74) is 1.42. The molecule has 2 N–H and O–H groups in total. The van der Waals surface area contributed by atoms with E-state index in [1.54, 1.807) is 18.7 Å². The number of hydrogen-bond acceptors (Lipinski definition) is 11. The van der Waals surface area contributed by atoms with Crippen LogP contribution < -0.4 is 10.4 Å². The fourth-order valence-corrected chi connectivity index (χ4v) is 4.78. The number of nitrogens with zero attached hydrogens (tertiary/aromatic N) is 4. The molecule has 0 aromatic carbocycles. The number of rotatable bonds is 5. The second-order valence-corrected chi connectivity index (χ2v) is 7.49. The van der Waals surface area contributed by atoms with E-state index in [1.165, 1.54) is 23.9 Å². The summed E-state index contributed by atoms with van der Waals surface area (Å²) < 4.78 is 18.2. The maximum Gasteiger partial charge on any atom is 0.268 e. The van der Waals surface area contributed by atoms with Crippen molar-refractivity contribution in [3.8, 4) is 0 Å². The Morgan fingerprint density at radius 2 is 2.17 bits per heavy atom. The van der Waals surface area contributed by atoms with Gasteiger partial charge in [-0.05, 0) is 29.6 Å². The molecule has 0 radical (unpaired) electrons. The molecule has 2 atom stereocenters. The first-order valence-corrected chi connectivity index (χ1v) is 9.80. The SMILES string of the molecule is C1=C(C2(c3ncco3)OCC(c3cn[nH]n3)(c3ccco3)N2c2cccs2)NOO1. The maximum absolute atomic E-state index is 6.51. The summed E-state index contributed by atoms with van der Waals surface area (Å²) in [4.78, 5) is 16.3. The largest absolute Gasteiger partial charge is 0.466 e. The van der Waals surface area contributed by atoms with E-state index in [0.717, 1.165) is 5.00 Å². The Hall–Kier alpha value is -3.61. The van der Waals surface area contributed by atoms with Gasteiger partial charge in [-0.3, -0.25) is 0 Å². The highest BCUT2D eigenvalue weighted by molar-refractivity contribution is 7.14. The van der Waals surface area contributed by atoms with Crippen LogP contribution in [-0.2, 0) is 25.9 Å². The zero-order valence-corrected chi connectivity index (χ0v) is 16.0. The number of anilines is 1. The van der Waals surface area contributed by atoms with Gasteiger partial charge < -0.3 is 23.4 Å². The van der Waals surface area contributed by atoms with Crippen LogP contribution >= 0.6 is 11.3 Å². The minimum absolute atomic E-state index is 0.145. The van der Waals surface area contributed by atoms with Crippen LogP contribution in [0.1, 0.15) is 17.3 Å². The summed E-state index contributed by atoms with van der Waals surface area (Å²) in [5, 5.41) is 13.9. The number of oxazole rings is 1. The molecule has 2 aliphatic rings. The molecule has 6 rings (SSSR count). The van der Waals surface area contributed by atoms with Crippen molar-refractivity contribution in [2.75, 3.05) is 11.5 Å². The van der Waals surface area contributed by atoms with E-state index in [2.05, 4.69) is 25.9 Å². The number of nitrogens with one attached hydrogen (secondary N) is 2. The molecule has 0 saturated carbocycles. The van der Waals surface area contributed by atoms with Gasteiger partial charge in [-0.1, -0.05) is 4.99 Å². The Bertz CT molecular complexity index is 1110. The summed E-state index contributed by atoms with van der Waals surface area (Å²) >= 11 is 1.52. The predicted octanol–water partition coefficient (Wildman–Crippen LogP) is 2.39. The van der Waals surface area contributed by atoms with E-state index >= 15 is 0 Å². The highest BCUT2D eigenvalue weighted by Crippen LogP contribution is 2.56. The molecule has 2 aliphatic heterocycles. The van der Waals surface area contributed by atoms with Gasteiger partial charge in [0.25, 0.3) is 11.6 Å². The van der Waals surface area contributed by atoms with Crippen molar-refractivity contribution < 1.29 is 23.4 Å². The number of furan rings is 1. The van der Waals surface area contributed by atoms with E-state index < -0.39 is 11.3 Å². The lowest BCUT2D eigenvalue weighted by Crippen LogP contribution is -2.55. The zero-order chi connectivity index (χ0) is 20.0. The van der Waals surface area contributed by atoms with Crippen molar-refractivity contribution in [1.82, 2.24) is 25.9 Å². The Kier molecular flexibility index (Phi) is 3.71. The number of aromatic amines is 1. The van der Waals surface area contributed by atoms with Gasteiger partial charge in [0.05, 0.1) is 30.3 Å². The van der Waals surface area contributed by atoms with Crippen molar-refractivity contribution in [3.63, 3.8) is 0 Å². The van der Waals surface area contributed by atoms with Crippen LogP contribution in [0.4, 0.5) is 5.00 Å². The van der Waals surface area contributed by atoms with Gasteiger partial charge in [0.15, 0.2) is 11.8 Å². The molecule has 0 bridgehead atoms. The molecule has 152 valence electrons. The number of H-pyrrole nitrogens is 1. The van der Waals surface area contributed by atoms with Gasteiger partial charge in [0.2, 0.25) is 0 Å². The molecular formula is C18H14N6O5S. The molecule has 6 heterocycles. The minimum Gasteiger partial charge on any atom is -0.466 e. The standard InChI is InChI=1S/C18H14N6O5S/c1-3-14(25-6-1)17(12-9-20-23-21-12)11-27-18(13-10-28-29-22-13,16-19-5-7-26-16)24(17)15-4-2-8-30-15/h1-10,22H,11H2,(H,20,21,23). The molecule has 1 saturated heterocycles. The van der Waals surface area contributed by atoms with Crippen LogP contribution in [0.15, 0.2) is 75.4 Å². The Morgan fingerprint density at radius 3 is 2.83 bits per heavy atom. The van der Waals surface area contributed by atoms with Crippen molar-refractivity contribution in [2.24, 2.45) is 0 Å². The van der Waals surface area contributed by atoms with E-state index in [9.17, 15) is 0 Å². The molecule has 2 unspecified atom stereocenters. The summed E-state index contributed by atoms with van der Waals surface area (Å²) in [7, 11) is 0. The fraction of sp³-hybridized carbons (Fsp3) is 0.167. The van der Waals surface area contributed by atoms with E-state index in [0.29, 0.717) is 17.2 Å². The molecule has 12 heteroatoms. The van der Waals surface area contributed by atoms with Crippen LogP contribution in [0.25, 0.3) is 0 Å². The molecular weight excluding hydrogens is 412 g/mol. The fourth-order valence-electron chi connectivity index (χ4n) is 3.93. The third-order valence-electron chi connectivity index (χ3n) is 5.13.